The van der Waals surface area contributed by atoms with E-state index in [2.05, 4.69) is 20.9 Å². The molecule has 49 heavy (non-hydrogen) atoms. The van der Waals surface area contributed by atoms with Gasteiger partial charge in [0.15, 0.2) is 16.6 Å². The van der Waals surface area contributed by atoms with Crippen LogP contribution in [0.5, 0.6) is 17.2 Å². The maximum absolute atomic E-state index is 13.6. The van der Waals surface area contributed by atoms with Gasteiger partial charge in [-0.05, 0) is 67.1 Å². The van der Waals surface area contributed by atoms with Crippen LogP contribution in [-0.2, 0) is 9.59 Å². The Morgan fingerprint density at radius 1 is 0.816 bits per heavy atom. The SMILES string of the molecule is COc1cc(/C=C(\NC(=O)c2ccccc2)C(=O)Nc2ccc(SCC(=O)Nc3nc(-c4ccccc4)c(C)s3)cc2)cc(OC)c1OC. The van der Waals surface area contributed by atoms with Gasteiger partial charge in [-0.2, -0.15) is 0 Å². The summed E-state index contributed by atoms with van der Waals surface area (Å²) < 4.78 is 16.3. The number of hydrogen-bond donors (Lipinski definition) is 3. The zero-order chi connectivity index (χ0) is 34.8. The summed E-state index contributed by atoms with van der Waals surface area (Å²) in [5, 5.41) is 9.01. The van der Waals surface area contributed by atoms with E-state index in [4.69, 9.17) is 14.2 Å². The number of benzene rings is 4. The predicted molar refractivity (Wildman–Crippen MR) is 195 cm³/mol. The van der Waals surface area contributed by atoms with Crippen LogP contribution in [0.3, 0.4) is 0 Å². The van der Waals surface area contributed by atoms with E-state index in [1.165, 1.54) is 50.5 Å². The number of thioether (sulfide) groups is 1. The fourth-order valence-corrected chi connectivity index (χ4v) is 6.30. The number of aryl methyl sites for hydroxylation is 1. The van der Waals surface area contributed by atoms with E-state index in [1.807, 2.05) is 37.3 Å². The Morgan fingerprint density at radius 2 is 1.45 bits per heavy atom. The number of nitrogens with zero attached hydrogens (tertiary/aromatic N) is 1. The lowest BCUT2D eigenvalue weighted by Crippen LogP contribution is -2.30. The van der Waals surface area contributed by atoms with E-state index in [-0.39, 0.29) is 17.4 Å². The highest BCUT2D eigenvalue weighted by molar-refractivity contribution is 8.00. The first-order valence-corrected chi connectivity index (χ1v) is 16.8. The number of carbonyl (C=O) groups excluding carboxylic acids is 3. The van der Waals surface area contributed by atoms with Crippen molar-refractivity contribution >= 4 is 57.7 Å². The first-order chi connectivity index (χ1) is 23.8. The van der Waals surface area contributed by atoms with Crippen molar-refractivity contribution in [2.24, 2.45) is 0 Å². The highest BCUT2D eigenvalue weighted by Crippen LogP contribution is 2.39. The summed E-state index contributed by atoms with van der Waals surface area (Å²) in [6.07, 6.45) is 1.52. The van der Waals surface area contributed by atoms with Gasteiger partial charge in [0.2, 0.25) is 11.7 Å². The van der Waals surface area contributed by atoms with Crippen LogP contribution in [0.4, 0.5) is 10.8 Å². The van der Waals surface area contributed by atoms with Gasteiger partial charge < -0.3 is 30.2 Å². The van der Waals surface area contributed by atoms with Crippen molar-refractivity contribution in [1.29, 1.82) is 0 Å². The molecule has 3 amide bonds. The van der Waals surface area contributed by atoms with Crippen LogP contribution in [0.15, 0.2) is 108 Å². The molecular formula is C37H34N4O6S2. The minimum atomic E-state index is -0.550. The number of aromatic nitrogens is 1. The lowest BCUT2D eigenvalue weighted by atomic mass is 10.1. The summed E-state index contributed by atoms with van der Waals surface area (Å²) in [5.41, 5.74) is 3.26. The fraction of sp³-hybridized carbons (Fsp3) is 0.135. The molecule has 250 valence electrons. The third-order valence-electron chi connectivity index (χ3n) is 7.10. The minimum Gasteiger partial charge on any atom is -0.493 e. The molecule has 0 aliphatic rings. The summed E-state index contributed by atoms with van der Waals surface area (Å²) in [4.78, 5) is 45.8. The van der Waals surface area contributed by atoms with Gasteiger partial charge in [0.1, 0.15) is 5.70 Å². The number of hydrogen-bond acceptors (Lipinski definition) is 9. The van der Waals surface area contributed by atoms with Crippen molar-refractivity contribution in [3.8, 4) is 28.5 Å². The van der Waals surface area contributed by atoms with E-state index in [1.54, 1.807) is 66.7 Å². The van der Waals surface area contributed by atoms with Gasteiger partial charge in [0, 0.05) is 26.6 Å². The average molecular weight is 695 g/mol. The molecule has 10 nitrogen and oxygen atoms in total. The van der Waals surface area contributed by atoms with E-state index in [0.717, 1.165) is 21.0 Å². The lowest BCUT2D eigenvalue weighted by Gasteiger charge is -2.15. The highest BCUT2D eigenvalue weighted by Gasteiger charge is 2.18. The maximum Gasteiger partial charge on any atom is 0.272 e. The zero-order valence-electron chi connectivity index (χ0n) is 27.2. The maximum atomic E-state index is 13.6. The van der Waals surface area contributed by atoms with Gasteiger partial charge >= 0.3 is 0 Å². The van der Waals surface area contributed by atoms with E-state index < -0.39 is 11.8 Å². The first-order valence-electron chi connectivity index (χ1n) is 15.0. The summed E-state index contributed by atoms with van der Waals surface area (Å²) in [6, 6.07) is 28.8. The minimum absolute atomic E-state index is 0.00825. The van der Waals surface area contributed by atoms with Crippen LogP contribution in [0.25, 0.3) is 17.3 Å². The summed E-state index contributed by atoms with van der Waals surface area (Å²) in [7, 11) is 4.49. The van der Waals surface area contributed by atoms with Gasteiger partial charge in [0.25, 0.3) is 11.8 Å². The molecule has 0 saturated heterocycles. The number of nitrogens with one attached hydrogen (secondary N) is 3. The summed E-state index contributed by atoms with van der Waals surface area (Å²) in [5.74, 6) is 0.178. The average Bonchev–Trinajstić information content (AvgIpc) is 3.50. The third-order valence-corrected chi connectivity index (χ3v) is 9.00. The molecule has 0 unspecified atom stereocenters. The molecule has 0 spiro atoms. The van der Waals surface area contributed by atoms with Crippen LogP contribution in [0, 0.1) is 6.92 Å². The number of ether oxygens (including phenoxy) is 3. The molecule has 0 aliphatic carbocycles. The molecular weight excluding hydrogens is 661 g/mol. The Bertz CT molecular complexity index is 1940. The fourth-order valence-electron chi connectivity index (χ4n) is 4.74. The molecule has 0 bridgehead atoms. The summed E-state index contributed by atoms with van der Waals surface area (Å²) >= 11 is 2.79. The topological polar surface area (TPSA) is 128 Å². The highest BCUT2D eigenvalue weighted by atomic mass is 32.2. The van der Waals surface area contributed by atoms with E-state index in [0.29, 0.717) is 39.2 Å². The Labute approximate surface area is 292 Å². The second kappa shape index (κ2) is 16.5. The third kappa shape index (κ3) is 9.06. The molecule has 3 N–H and O–H groups in total. The predicted octanol–water partition coefficient (Wildman–Crippen LogP) is 7.28. The van der Waals surface area contributed by atoms with Crippen molar-refractivity contribution in [2.75, 3.05) is 37.7 Å². The van der Waals surface area contributed by atoms with Crippen molar-refractivity contribution in [3.05, 3.63) is 119 Å². The van der Waals surface area contributed by atoms with Crippen LogP contribution in [-0.4, -0.2) is 49.8 Å². The second-order valence-electron chi connectivity index (χ2n) is 10.4. The molecule has 5 rings (SSSR count). The van der Waals surface area contributed by atoms with Crippen molar-refractivity contribution < 1.29 is 28.6 Å². The van der Waals surface area contributed by atoms with Gasteiger partial charge in [-0.1, -0.05) is 48.5 Å². The molecule has 0 atom stereocenters. The standard InChI is InChI=1S/C37H34N4O6S2/c1-23-33(25-11-7-5-8-12-25)41-37(49-23)40-32(42)22-48-28-17-15-27(16-18-28)38-36(44)29(39-35(43)26-13-9-6-10-14-26)19-24-20-30(45-2)34(47-4)31(21-24)46-3/h5-21H,22H2,1-4H3,(H,38,44)(H,39,43)(H,40,41,42)/b29-19-. The van der Waals surface area contributed by atoms with Crippen LogP contribution in [0.2, 0.25) is 0 Å². The largest absolute Gasteiger partial charge is 0.493 e. The number of carbonyl (C=O) groups is 3. The van der Waals surface area contributed by atoms with Gasteiger partial charge in [0.05, 0.1) is 32.8 Å². The molecule has 0 aliphatic heterocycles. The zero-order valence-corrected chi connectivity index (χ0v) is 28.9. The molecule has 1 aromatic heterocycles. The van der Waals surface area contributed by atoms with Crippen LogP contribution in [0.1, 0.15) is 20.8 Å². The van der Waals surface area contributed by atoms with Crippen molar-refractivity contribution in [3.63, 3.8) is 0 Å². The van der Waals surface area contributed by atoms with E-state index >= 15 is 0 Å². The molecule has 0 saturated carbocycles. The number of thiazole rings is 1. The van der Waals surface area contributed by atoms with Crippen molar-refractivity contribution in [1.82, 2.24) is 10.3 Å². The van der Waals surface area contributed by atoms with E-state index in [9.17, 15) is 14.4 Å². The van der Waals surface area contributed by atoms with Gasteiger partial charge in [-0.3, -0.25) is 14.4 Å². The van der Waals surface area contributed by atoms with Crippen molar-refractivity contribution in [2.45, 2.75) is 11.8 Å². The Balaban J connectivity index is 1.26. The second-order valence-corrected chi connectivity index (χ2v) is 12.7. The Hall–Kier alpha value is -5.59. The smallest absolute Gasteiger partial charge is 0.272 e. The quantitative estimate of drug-likeness (QED) is 0.0867. The number of methoxy groups -OCH3 is 3. The molecule has 12 heteroatoms. The lowest BCUT2D eigenvalue weighted by molar-refractivity contribution is -0.114. The molecule has 0 fully saturated rings. The molecule has 0 radical (unpaired) electrons. The van der Waals surface area contributed by atoms with Crippen LogP contribution < -0.4 is 30.2 Å². The normalized spacial score (nSPS) is 11.0. The molecule has 5 aromatic rings. The number of anilines is 2. The Kier molecular flexibility index (Phi) is 11.7. The molecule has 1 heterocycles. The van der Waals surface area contributed by atoms with Gasteiger partial charge in [-0.15, -0.1) is 23.1 Å². The summed E-state index contributed by atoms with van der Waals surface area (Å²) in [6.45, 7) is 1.98. The Morgan fingerprint density at radius 3 is 2.06 bits per heavy atom. The number of amides is 3. The number of rotatable bonds is 13. The molecule has 4 aromatic carbocycles. The van der Waals surface area contributed by atoms with Crippen LogP contribution >= 0.6 is 23.1 Å². The monoisotopic (exact) mass is 694 g/mol. The first kappa shape index (κ1) is 34.7. The van der Waals surface area contributed by atoms with Gasteiger partial charge in [-0.25, -0.2) is 4.98 Å².